The van der Waals surface area contributed by atoms with E-state index in [1.54, 1.807) is 13.0 Å². The van der Waals surface area contributed by atoms with Gasteiger partial charge in [-0.3, -0.25) is 4.79 Å². The number of aromatic nitrogens is 3. The normalized spacial score (nSPS) is 10.6. The Morgan fingerprint density at radius 1 is 1.33 bits per heavy atom. The van der Waals surface area contributed by atoms with Crippen molar-refractivity contribution >= 4 is 23.1 Å². The Hall–Kier alpha value is -2.44. The predicted octanol–water partition coefficient (Wildman–Crippen LogP) is 1.48. The molecule has 2 aromatic rings. The van der Waals surface area contributed by atoms with Crippen molar-refractivity contribution in [2.75, 3.05) is 13.2 Å². The summed E-state index contributed by atoms with van der Waals surface area (Å²) >= 11 is 0. The largest absolute Gasteiger partial charge is 0.464 e. The van der Waals surface area contributed by atoms with E-state index in [0.717, 1.165) is 5.82 Å². The van der Waals surface area contributed by atoms with Crippen LogP contribution in [0, 0.1) is 6.92 Å². The van der Waals surface area contributed by atoms with Crippen molar-refractivity contribution < 1.29 is 19.1 Å². The van der Waals surface area contributed by atoms with Gasteiger partial charge in [-0.25, -0.2) is 14.8 Å². The van der Waals surface area contributed by atoms with Gasteiger partial charge < -0.3 is 14.0 Å². The second-order valence-corrected chi connectivity index (χ2v) is 4.44. The number of esters is 2. The number of ether oxygens (including phenoxy) is 2. The van der Waals surface area contributed by atoms with E-state index in [1.165, 1.54) is 13.1 Å². The predicted molar refractivity (Wildman–Crippen MR) is 74.9 cm³/mol. The summed E-state index contributed by atoms with van der Waals surface area (Å²) in [4.78, 5) is 31.1. The third-order valence-corrected chi connectivity index (χ3v) is 2.91. The molecule has 0 aliphatic carbocycles. The zero-order valence-electron chi connectivity index (χ0n) is 12.3. The first kappa shape index (κ1) is 15.0. The highest BCUT2D eigenvalue weighted by atomic mass is 16.5. The molecule has 0 amide bonds. The molecular formula is C14H17N3O4. The third-order valence-electron chi connectivity index (χ3n) is 2.91. The summed E-state index contributed by atoms with van der Waals surface area (Å²) < 4.78 is 11.7. The number of pyridine rings is 1. The Morgan fingerprint density at radius 2 is 2.10 bits per heavy atom. The molecule has 0 unspecified atom stereocenters. The first-order valence-electron chi connectivity index (χ1n) is 6.66. The summed E-state index contributed by atoms with van der Waals surface area (Å²) in [6, 6.07) is 1.65. The highest BCUT2D eigenvalue weighted by Gasteiger charge is 2.13. The number of nitrogens with zero attached hydrogens (tertiary/aromatic N) is 3. The Bertz CT molecular complexity index is 678. The van der Waals surface area contributed by atoms with Crippen LogP contribution < -0.4 is 0 Å². The first-order valence-corrected chi connectivity index (χ1v) is 6.66. The molecule has 112 valence electrons. The molecule has 0 fully saturated rings. The first-order chi connectivity index (χ1) is 10.0. The molecule has 2 heterocycles. The lowest BCUT2D eigenvalue weighted by Gasteiger charge is -2.06. The van der Waals surface area contributed by atoms with Gasteiger partial charge in [-0.05, 0) is 19.9 Å². The molecule has 7 heteroatoms. The number of carbonyl (C=O) groups excluding carboxylic acids is 2. The third kappa shape index (κ3) is 3.36. The van der Waals surface area contributed by atoms with Crippen molar-refractivity contribution in [3.05, 3.63) is 23.7 Å². The van der Waals surface area contributed by atoms with Crippen molar-refractivity contribution in [2.24, 2.45) is 0 Å². The highest BCUT2D eigenvalue weighted by Crippen LogP contribution is 2.15. The Morgan fingerprint density at radius 3 is 2.76 bits per heavy atom. The van der Waals surface area contributed by atoms with Crippen LogP contribution in [0.25, 0.3) is 11.2 Å². The molecule has 0 bridgehead atoms. The quantitative estimate of drug-likeness (QED) is 0.776. The van der Waals surface area contributed by atoms with E-state index in [0.29, 0.717) is 29.9 Å². The van der Waals surface area contributed by atoms with E-state index in [2.05, 4.69) is 9.97 Å². The fourth-order valence-corrected chi connectivity index (χ4v) is 2.00. The van der Waals surface area contributed by atoms with Gasteiger partial charge in [0.15, 0.2) is 5.65 Å². The van der Waals surface area contributed by atoms with Crippen LogP contribution in [0.3, 0.4) is 0 Å². The summed E-state index contributed by atoms with van der Waals surface area (Å²) in [7, 11) is 0. The Balaban J connectivity index is 2.26. The monoisotopic (exact) mass is 291 g/mol. The zero-order valence-corrected chi connectivity index (χ0v) is 12.3. The smallest absolute Gasteiger partial charge is 0.339 e. The van der Waals surface area contributed by atoms with Gasteiger partial charge in [0.1, 0.15) is 17.9 Å². The van der Waals surface area contributed by atoms with Crippen molar-refractivity contribution in [1.29, 1.82) is 0 Å². The molecule has 7 nitrogen and oxygen atoms in total. The second-order valence-electron chi connectivity index (χ2n) is 4.44. The van der Waals surface area contributed by atoms with Gasteiger partial charge in [0.05, 0.1) is 18.7 Å². The lowest BCUT2D eigenvalue weighted by atomic mass is 10.3. The van der Waals surface area contributed by atoms with Gasteiger partial charge in [-0.2, -0.15) is 0 Å². The maximum absolute atomic E-state index is 11.7. The number of imidazole rings is 1. The minimum Gasteiger partial charge on any atom is -0.464 e. The zero-order chi connectivity index (χ0) is 15.4. The minimum atomic E-state index is -0.418. The summed E-state index contributed by atoms with van der Waals surface area (Å²) in [5, 5.41) is 0. The van der Waals surface area contributed by atoms with Crippen LogP contribution in [-0.4, -0.2) is 39.7 Å². The van der Waals surface area contributed by atoms with Crippen LogP contribution in [-0.2, 0) is 20.8 Å². The molecule has 0 aliphatic rings. The fraction of sp³-hybridized carbons (Fsp3) is 0.429. The molecule has 0 saturated carbocycles. The standard InChI is InChI=1S/C14H17N3O4/c1-4-20-14(19)11-7-12-13(15-8-11)17(9(2)16-12)5-6-21-10(3)18/h7-8H,4-6H2,1-3H3. The second kappa shape index (κ2) is 6.34. The molecule has 0 N–H and O–H groups in total. The van der Waals surface area contributed by atoms with E-state index in [9.17, 15) is 9.59 Å². The number of hydrogen-bond donors (Lipinski definition) is 0. The van der Waals surface area contributed by atoms with Crippen LogP contribution in [0.1, 0.15) is 30.0 Å². The Labute approximate surface area is 121 Å². The number of rotatable bonds is 5. The van der Waals surface area contributed by atoms with Gasteiger partial charge in [0, 0.05) is 13.1 Å². The van der Waals surface area contributed by atoms with Crippen molar-refractivity contribution in [1.82, 2.24) is 14.5 Å². The molecule has 0 saturated heterocycles. The van der Waals surface area contributed by atoms with Gasteiger partial charge in [-0.15, -0.1) is 0 Å². The summed E-state index contributed by atoms with van der Waals surface area (Å²) in [5.74, 6) is -0.000641. The maximum atomic E-state index is 11.7. The van der Waals surface area contributed by atoms with Gasteiger partial charge in [0.25, 0.3) is 0 Å². The number of aryl methyl sites for hydroxylation is 1. The minimum absolute atomic E-state index is 0.253. The van der Waals surface area contributed by atoms with E-state index < -0.39 is 5.97 Å². The molecule has 2 rings (SSSR count). The summed E-state index contributed by atoms with van der Waals surface area (Å²) in [6.45, 7) is 5.98. The number of fused-ring (bicyclic) bond motifs is 1. The van der Waals surface area contributed by atoms with Crippen molar-refractivity contribution in [2.45, 2.75) is 27.3 Å². The molecular weight excluding hydrogens is 274 g/mol. The molecule has 2 aromatic heterocycles. The average Bonchev–Trinajstić information content (AvgIpc) is 2.74. The lowest BCUT2D eigenvalue weighted by molar-refractivity contribution is -0.141. The molecule has 0 aromatic carbocycles. The van der Waals surface area contributed by atoms with Crippen molar-refractivity contribution in [3.63, 3.8) is 0 Å². The maximum Gasteiger partial charge on any atom is 0.339 e. The van der Waals surface area contributed by atoms with E-state index >= 15 is 0 Å². The molecule has 0 radical (unpaired) electrons. The van der Waals surface area contributed by atoms with Gasteiger partial charge in [-0.1, -0.05) is 0 Å². The van der Waals surface area contributed by atoms with Crippen LogP contribution in [0.15, 0.2) is 12.3 Å². The molecule has 21 heavy (non-hydrogen) atoms. The van der Waals surface area contributed by atoms with Crippen LogP contribution >= 0.6 is 0 Å². The molecule has 0 aliphatic heterocycles. The van der Waals surface area contributed by atoms with E-state index in [1.807, 2.05) is 11.5 Å². The molecule has 0 spiro atoms. The van der Waals surface area contributed by atoms with E-state index in [4.69, 9.17) is 9.47 Å². The van der Waals surface area contributed by atoms with E-state index in [-0.39, 0.29) is 12.6 Å². The van der Waals surface area contributed by atoms with Gasteiger partial charge in [0.2, 0.25) is 0 Å². The number of hydrogen-bond acceptors (Lipinski definition) is 6. The highest BCUT2D eigenvalue weighted by molar-refractivity contribution is 5.92. The Kier molecular flexibility index (Phi) is 4.52. The SMILES string of the molecule is CCOC(=O)c1cnc2c(c1)nc(C)n2CCOC(C)=O. The summed E-state index contributed by atoms with van der Waals surface area (Å²) in [6.07, 6.45) is 1.46. The average molecular weight is 291 g/mol. The summed E-state index contributed by atoms with van der Waals surface area (Å²) in [5.41, 5.74) is 1.63. The van der Waals surface area contributed by atoms with Crippen molar-refractivity contribution in [3.8, 4) is 0 Å². The topological polar surface area (TPSA) is 83.3 Å². The van der Waals surface area contributed by atoms with Crippen LogP contribution in [0.2, 0.25) is 0 Å². The lowest BCUT2D eigenvalue weighted by Crippen LogP contribution is -2.10. The van der Waals surface area contributed by atoms with Gasteiger partial charge >= 0.3 is 11.9 Å². The number of carbonyl (C=O) groups is 2. The van der Waals surface area contributed by atoms with Crippen LogP contribution in [0.5, 0.6) is 0 Å². The fourth-order valence-electron chi connectivity index (χ4n) is 2.00. The van der Waals surface area contributed by atoms with Crippen LogP contribution in [0.4, 0.5) is 0 Å². The molecule has 0 atom stereocenters.